The predicted molar refractivity (Wildman–Crippen MR) is 86.5 cm³/mol. The fourth-order valence-corrected chi connectivity index (χ4v) is 3.22. The highest BCUT2D eigenvalue weighted by atomic mass is 15.3. The van der Waals surface area contributed by atoms with Crippen LogP contribution in [0.25, 0.3) is 0 Å². The van der Waals surface area contributed by atoms with Gasteiger partial charge in [0.15, 0.2) is 0 Å². The lowest BCUT2D eigenvalue weighted by atomic mass is 10.1. The maximum absolute atomic E-state index is 4.49. The van der Waals surface area contributed by atoms with Crippen molar-refractivity contribution in [2.45, 2.75) is 52.6 Å². The summed E-state index contributed by atoms with van der Waals surface area (Å²) >= 11 is 0. The van der Waals surface area contributed by atoms with Gasteiger partial charge in [0.1, 0.15) is 0 Å². The summed E-state index contributed by atoms with van der Waals surface area (Å²) in [6.45, 7) is 7.18. The Morgan fingerprint density at radius 2 is 2.00 bits per heavy atom. The Morgan fingerprint density at radius 1 is 1.14 bits per heavy atom. The molecule has 1 N–H and O–H groups in total. The summed E-state index contributed by atoms with van der Waals surface area (Å²) < 4.78 is 2.10. The number of benzene rings is 1. The molecule has 0 fully saturated rings. The fraction of sp³-hybridized carbons (Fsp3) is 0.500. The Hall–Kier alpha value is -1.61. The first-order chi connectivity index (χ1) is 10.2. The molecule has 1 aliphatic carbocycles. The van der Waals surface area contributed by atoms with Gasteiger partial charge in [-0.05, 0) is 68.8 Å². The van der Waals surface area contributed by atoms with Crippen LogP contribution < -0.4 is 5.32 Å². The molecule has 0 bridgehead atoms. The van der Waals surface area contributed by atoms with Gasteiger partial charge in [-0.25, -0.2) is 0 Å². The molecule has 1 aromatic heterocycles. The quantitative estimate of drug-likeness (QED) is 0.825. The van der Waals surface area contributed by atoms with E-state index in [9.17, 15) is 0 Å². The van der Waals surface area contributed by atoms with Crippen LogP contribution in [0.5, 0.6) is 0 Å². The molecule has 21 heavy (non-hydrogen) atoms. The molecule has 0 radical (unpaired) electrons. The van der Waals surface area contributed by atoms with E-state index >= 15 is 0 Å². The zero-order valence-corrected chi connectivity index (χ0v) is 13.2. The largest absolute Gasteiger partial charge is 0.313 e. The molecule has 0 amide bonds. The Kier molecular flexibility index (Phi) is 4.39. The molecule has 0 atom stereocenters. The van der Waals surface area contributed by atoms with Crippen molar-refractivity contribution in [1.29, 1.82) is 0 Å². The molecule has 2 aromatic rings. The van der Waals surface area contributed by atoms with Crippen molar-refractivity contribution in [2.24, 2.45) is 0 Å². The lowest BCUT2D eigenvalue weighted by molar-refractivity contribution is 0.532. The zero-order chi connectivity index (χ0) is 14.7. The van der Waals surface area contributed by atoms with Crippen LogP contribution in [0.2, 0.25) is 0 Å². The van der Waals surface area contributed by atoms with Gasteiger partial charge in [-0.1, -0.05) is 18.2 Å². The SMILES string of the molecule is Cc1cc(C)n(CCCNCc2ccc3c(c2)CCC3)n1. The minimum Gasteiger partial charge on any atom is -0.313 e. The normalized spacial score (nSPS) is 13.6. The van der Waals surface area contributed by atoms with E-state index in [2.05, 4.69) is 53.2 Å². The number of hydrogen-bond donors (Lipinski definition) is 1. The number of fused-ring (bicyclic) bond motifs is 1. The molecule has 3 nitrogen and oxygen atoms in total. The van der Waals surface area contributed by atoms with Crippen LogP contribution in [-0.4, -0.2) is 16.3 Å². The van der Waals surface area contributed by atoms with Crippen LogP contribution in [0.15, 0.2) is 24.3 Å². The smallest absolute Gasteiger partial charge is 0.0596 e. The number of aryl methyl sites for hydroxylation is 5. The number of rotatable bonds is 6. The second-order valence-corrected chi connectivity index (χ2v) is 6.14. The molecule has 3 heteroatoms. The number of nitrogens with zero attached hydrogens (tertiary/aromatic N) is 2. The van der Waals surface area contributed by atoms with Gasteiger partial charge >= 0.3 is 0 Å². The highest BCUT2D eigenvalue weighted by molar-refractivity contribution is 5.35. The van der Waals surface area contributed by atoms with Crippen molar-refractivity contribution in [2.75, 3.05) is 6.54 Å². The van der Waals surface area contributed by atoms with Crippen molar-refractivity contribution >= 4 is 0 Å². The molecule has 0 aliphatic heterocycles. The first-order valence-electron chi connectivity index (χ1n) is 8.05. The maximum Gasteiger partial charge on any atom is 0.0596 e. The molecule has 1 aliphatic rings. The van der Waals surface area contributed by atoms with Gasteiger partial charge in [-0.15, -0.1) is 0 Å². The summed E-state index contributed by atoms with van der Waals surface area (Å²) in [6, 6.07) is 9.11. The summed E-state index contributed by atoms with van der Waals surface area (Å²) in [6.07, 6.45) is 4.98. The summed E-state index contributed by atoms with van der Waals surface area (Å²) in [4.78, 5) is 0. The lowest BCUT2D eigenvalue weighted by Gasteiger charge is -2.08. The predicted octanol–water partition coefficient (Wildman–Crippen LogP) is 3.17. The molecule has 3 rings (SSSR count). The third-order valence-corrected chi connectivity index (χ3v) is 4.32. The van der Waals surface area contributed by atoms with E-state index in [0.717, 1.165) is 31.7 Å². The Bertz CT molecular complexity index is 613. The van der Waals surface area contributed by atoms with Crippen LogP contribution in [-0.2, 0) is 25.9 Å². The molecule has 0 saturated carbocycles. The molecule has 112 valence electrons. The zero-order valence-electron chi connectivity index (χ0n) is 13.2. The lowest BCUT2D eigenvalue weighted by Crippen LogP contribution is -2.17. The van der Waals surface area contributed by atoms with Gasteiger partial charge in [0.25, 0.3) is 0 Å². The number of aromatic nitrogens is 2. The maximum atomic E-state index is 4.49. The highest BCUT2D eigenvalue weighted by Crippen LogP contribution is 2.22. The first-order valence-corrected chi connectivity index (χ1v) is 8.05. The summed E-state index contributed by atoms with van der Waals surface area (Å²) in [7, 11) is 0. The van der Waals surface area contributed by atoms with E-state index in [1.54, 1.807) is 11.1 Å². The second-order valence-electron chi connectivity index (χ2n) is 6.14. The third-order valence-electron chi connectivity index (χ3n) is 4.32. The third kappa shape index (κ3) is 3.53. The molecule has 0 unspecified atom stereocenters. The van der Waals surface area contributed by atoms with E-state index in [1.165, 1.54) is 30.5 Å². The van der Waals surface area contributed by atoms with Crippen molar-refractivity contribution in [3.05, 3.63) is 52.3 Å². The van der Waals surface area contributed by atoms with E-state index in [4.69, 9.17) is 0 Å². The van der Waals surface area contributed by atoms with E-state index in [0.29, 0.717) is 0 Å². The van der Waals surface area contributed by atoms with Crippen LogP contribution >= 0.6 is 0 Å². The van der Waals surface area contributed by atoms with Gasteiger partial charge in [0.2, 0.25) is 0 Å². The van der Waals surface area contributed by atoms with Crippen LogP contribution in [0.4, 0.5) is 0 Å². The average Bonchev–Trinajstić information content (AvgIpc) is 3.04. The number of nitrogens with one attached hydrogen (secondary N) is 1. The average molecular weight is 283 g/mol. The molecular formula is C18H25N3. The van der Waals surface area contributed by atoms with Gasteiger partial charge in [0, 0.05) is 18.8 Å². The minimum atomic E-state index is 0.977. The molecule has 1 heterocycles. The number of hydrogen-bond acceptors (Lipinski definition) is 2. The summed E-state index contributed by atoms with van der Waals surface area (Å²) in [5.74, 6) is 0. The van der Waals surface area contributed by atoms with Gasteiger partial charge in [-0.2, -0.15) is 5.10 Å². The van der Waals surface area contributed by atoms with Gasteiger partial charge < -0.3 is 5.32 Å². The van der Waals surface area contributed by atoms with Crippen molar-refractivity contribution in [3.8, 4) is 0 Å². The summed E-state index contributed by atoms with van der Waals surface area (Å²) in [5.41, 5.74) is 6.91. The first kappa shape index (κ1) is 14.3. The van der Waals surface area contributed by atoms with E-state index < -0.39 is 0 Å². The topological polar surface area (TPSA) is 29.9 Å². The van der Waals surface area contributed by atoms with E-state index in [-0.39, 0.29) is 0 Å². The van der Waals surface area contributed by atoms with Gasteiger partial charge in [0.05, 0.1) is 5.69 Å². The molecule has 0 saturated heterocycles. The second kappa shape index (κ2) is 6.44. The van der Waals surface area contributed by atoms with Crippen molar-refractivity contribution in [3.63, 3.8) is 0 Å². The summed E-state index contributed by atoms with van der Waals surface area (Å²) in [5, 5.41) is 8.04. The standard InChI is InChI=1S/C18H25N3/c1-14-11-15(2)21(20-14)10-4-9-19-13-16-7-8-17-5-3-6-18(17)12-16/h7-8,11-12,19H,3-6,9-10,13H2,1-2H3. The van der Waals surface area contributed by atoms with Crippen LogP contribution in [0.1, 0.15) is 40.9 Å². The highest BCUT2D eigenvalue weighted by Gasteiger charge is 2.10. The van der Waals surface area contributed by atoms with E-state index in [1.807, 2.05) is 0 Å². The monoisotopic (exact) mass is 283 g/mol. The molecule has 0 spiro atoms. The molecule has 1 aromatic carbocycles. The minimum absolute atomic E-state index is 0.977. The fourth-order valence-electron chi connectivity index (χ4n) is 3.22. The van der Waals surface area contributed by atoms with Crippen molar-refractivity contribution < 1.29 is 0 Å². The van der Waals surface area contributed by atoms with Crippen molar-refractivity contribution in [1.82, 2.24) is 15.1 Å². The Labute approximate surface area is 127 Å². The van der Waals surface area contributed by atoms with Crippen LogP contribution in [0.3, 0.4) is 0 Å². The van der Waals surface area contributed by atoms with Gasteiger partial charge in [-0.3, -0.25) is 4.68 Å². The Morgan fingerprint density at radius 3 is 2.81 bits per heavy atom. The molecular weight excluding hydrogens is 258 g/mol. The Balaban J connectivity index is 1.41. The van der Waals surface area contributed by atoms with Crippen LogP contribution in [0, 0.1) is 13.8 Å².